The minimum Gasteiger partial charge on any atom is -0.311 e. The Labute approximate surface area is 598 Å². The lowest BCUT2D eigenvalue weighted by atomic mass is 9.33. The van der Waals surface area contributed by atoms with Crippen molar-refractivity contribution in [3.63, 3.8) is 0 Å². The lowest BCUT2D eigenvalue weighted by Gasteiger charge is -2.45. The van der Waals surface area contributed by atoms with E-state index >= 15 is 0 Å². The Morgan fingerprint density at radius 1 is 0.233 bits per heavy atom. The lowest BCUT2D eigenvalue weighted by Crippen LogP contribution is -2.61. The lowest BCUT2D eigenvalue weighted by molar-refractivity contribution is 0.590. The fraction of sp³-hybridized carbons (Fsp3) is 0.0408. The summed E-state index contributed by atoms with van der Waals surface area (Å²) in [5.74, 6) is 0. The molecule has 4 heterocycles. The number of anilines is 6. The Hall–Kier alpha value is -13.0. The largest absolute Gasteiger partial charge is 0.311 e. The van der Waals surface area contributed by atoms with Crippen molar-refractivity contribution < 1.29 is 0 Å². The number of hydrogen-bond donors (Lipinski definition) is 0. The first-order chi connectivity index (χ1) is 50.7. The third kappa shape index (κ3) is 9.32. The van der Waals surface area contributed by atoms with Crippen LogP contribution < -0.4 is 26.2 Å². The third-order valence-corrected chi connectivity index (χ3v) is 22.4. The molecular formula is C98H67BN4. The molecule has 0 fully saturated rings. The Bertz CT molecular complexity index is 6320. The average Bonchev–Trinajstić information content (AvgIpc) is 1.70. The Morgan fingerprint density at radius 3 is 1.01 bits per heavy atom. The van der Waals surface area contributed by atoms with Gasteiger partial charge in [-0.15, -0.1) is 0 Å². The van der Waals surface area contributed by atoms with Gasteiger partial charge in [-0.25, -0.2) is 0 Å². The standard InChI is InChI=1S/C98H67BN4/c1-98(2,3)76-58-93-97-94(59-76)101(78-44-36-67(37-45-78)63-20-8-5-9-21-63)92-61-80(103-88-51-41-75(73-33-31-65-23-11-13-27-71(65)55-73)57-84(88)96-82-29-17-15-25-69(82)39-53-90(96)103)47-49-86(92)99(97)85-48-46-79(60-91(85)100(93)77-42-34-66(35-43-77)62-18-6-4-7-19-62)102-87-50-40-74(72-32-30-64-22-10-12-26-70(64)54-72)56-83(87)95-81-28-16-14-24-68(81)38-52-89(95)102/h4-61H,1-3H3. The molecule has 0 atom stereocenters. The third-order valence-electron chi connectivity index (χ3n) is 22.4. The van der Waals surface area contributed by atoms with Gasteiger partial charge in [-0.1, -0.05) is 263 Å². The molecular weight excluding hydrogens is 1240 g/mol. The number of nitrogens with zero attached hydrogens (tertiary/aromatic N) is 4. The van der Waals surface area contributed by atoms with Crippen LogP contribution in [0.2, 0.25) is 0 Å². The molecule has 0 bridgehead atoms. The van der Waals surface area contributed by atoms with Crippen molar-refractivity contribution in [1.29, 1.82) is 0 Å². The van der Waals surface area contributed by atoms with Crippen molar-refractivity contribution in [3.8, 4) is 55.9 Å². The van der Waals surface area contributed by atoms with Crippen LogP contribution >= 0.6 is 0 Å². The fourth-order valence-corrected chi connectivity index (χ4v) is 17.3. The molecule has 0 N–H and O–H groups in total. The summed E-state index contributed by atoms with van der Waals surface area (Å²) < 4.78 is 5.07. The maximum absolute atomic E-state index is 2.60. The van der Waals surface area contributed by atoms with Crippen molar-refractivity contribution in [3.05, 3.63) is 357 Å². The Balaban J connectivity index is 0.821. The highest BCUT2D eigenvalue weighted by molar-refractivity contribution is 7.00. The number of fused-ring (bicyclic) bond motifs is 16. The normalized spacial score (nSPS) is 12.7. The zero-order chi connectivity index (χ0) is 68.2. The quantitative estimate of drug-likeness (QED) is 0.141. The van der Waals surface area contributed by atoms with Crippen LogP contribution in [0, 0.1) is 0 Å². The van der Waals surface area contributed by atoms with E-state index in [1.807, 2.05) is 0 Å². The summed E-state index contributed by atoms with van der Waals surface area (Å²) >= 11 is 0. The molecule has 19 aromatic rings. The van der Waals surface area contributed by atoms with Gasteiger partial charge in [0.1, 0.15) is 0 Å². The van der Waals surface area contributed by atoms with Gasteiger partial charge in [0.2, 0.25) is 0 Å². The zero-order valence-electron chi connectivity index (χ0n) is 57.4. The van der Waals surface area contributed by atoms with Crippen LogP contribution in [0.4, 0.5) is 34.1 Å². The molecule has 0 unspecified atom stereocenters. The van der Waals surface area contributed by atoms with E-state index < -0.39 is 0 Å². The van der Waals surface area contributed by atoms with E-state index in [0.717, 1.165) is 45.2 Å². The maximum atomic E-state index is 2.60. The van der Waals surface area contributed by atoms with Crippen molar-refractivity contribution >= 4 is 144 Å². The van der Waals surface area contributed by atoms with Gasteiger partial charge in [-0.05, 0) is 224 Å². The zero-order valence-corrected chi connectivity index (χ0v) is 57.4. The maximum Gasteiger partial charge on any atom is 0.252 e. The molecule has 0 spiro atoms. The molecule has 0 aliphatic carbocycles. The Kier molecular flexibility index (Phi) is 13.0. The van der Waals surface area contributed by atoms with Crippen molar-refractivity contribution in [2.75, 3.05) is 9.80 Å². The van der Waals surface area contributed by atoms with Gasteiger partial charge in [-0.2, -0.15) is 0 Å². The predicted octanol–water partition coefficient (Wildman–Crippen LogP) is 24.5. The summed E-state index contributed by atoms with van der Waals surface area (Å²) in [4.78, 5) is 5.20. The SMILES string of the molecule is CC(C)(C)c1cc2c3c(c1)N(c1ccc(-c4ccccc4)cc1)c1cc(-n4c5ccc(-c6ccc7ccccc7c6)cc5c5c6ccccc6ccc54)ccc1B3c1ccc(-n3c4ccc(-c5ccc6ccccc6c5)cc4c4c5ccccc5ccc43)cc1N2c1ccc(-c2ccccc2)cc1. The van der Waals surface area contributed by atoms with Crippen molar-refractivity contribution in [2.45, 2.75) is 26.2 Å². The number of aromatic nitrogens is 2. The van der Waals surface area contributed by atoms with Gasteiger partial charge in [0, 0.05) is 67.0 Å². The summed E-state index contributed by atoms with van der Waals surface area (Å²) in [6.45, 7) is 6.95. The first-order valence-electron chi connectivity index (χ1n) is 36.0. The second kappa shape index (κ2) is 22.8. The van der Waals surface area contributed by atoms with Crippen LogP contribution in [0.3, 0.4) is 0 Å². The van der Waals surface area contributed by atoms with Crippen LogP contribution in [0.15, 0.2) is 352 Å². The molecule has 2 aromatic heterocycles. The van der Waals surface area contributed by atoms with Crippen LogP contribution in [0.25, 0.3) is 143 Å². The minimum atomic E-state index is -0.244. The molecule has 0 amide bonds. The molecule has 482 valence electrons. The number of rotatable bonds is 8. The van der Waals surface area contributed by atoms with E-state index in [0.29, 0.717) is 0 Å². The van der Waals surface area contributed by atoms with E-state index in [2.05, 4.69) is 392 Å². The van der Waals surface area contributed by atoms with Gasteiger partial charge < -0.3 is 18.9 Å². The monoisotopic (exact) mass is 1310 g/mol. The number of hydrogen-bond acceptors (Lipinski definition) is 2. The van der Waals surface area contributed by atoms with Crippen LogP contribution in [0.1, 0.15) is 26.3 Å². The summed E-state index contributed by atoms with van der Waals surface area (Å²) in [5, 5.41) is 14.8. The second-order valence-electron chi connectivity index (χ2n) is 29.2. The highest BCUT2D eigenvalue weighted by Gasteiger charge is 2.45. The average molecular weight is 1310 g/mol. The van der Waals surface area contributed by atoms with Crippen LogP contribution in [-0.2, 0) is 5.41 Å². The smallest absolute Gasteiger partial charge is 0.252 e. The van der Waals surface area contributed by atoms with Crippen LogP contribution in [0.5, 0.6) is 0 Å². The van der Waals surface area contributed by atoms with E-state index in [1.165, 1.54) is 154 Å². The van der Waals surface area contributed by atoms with Gasteiger partial charge in [-0.3, -0.25) is 0 Å². The predicted molar refractivity (Wildman–Crippen MR) is 440 cm³/mol. The van der Waals surface area contributed by atoms with E-state index in [1.54, 1.807) is 0 Å². The van der Waals surface area contributed by atoms with Gasteiger partial charge >= 0.3 is 0 Å². The molecule has 2 aliphatic heterocycles. The van der Waals surface area contributed by atoms with Crippen LogP contribution in [-0.4, -0.2) is 15.8 Å². The fourth-order valence-electron chi connectivity index (χ4n) is 17.3. The second-order valence-corrected chi connectivity index (χ2v) is 29.2. The Morgan fingerprint density at radius 2 is 0.573 bits per heavy atom. The molecule has 0 radical (unpaired) electrons. The molecule has 0 saturated carbocycles. The van der Waals surface area contributed by atoms with E-state index in [-0.39, 0.29) is 12.1 Å². The summed E-state index contributed by atoms with van der Waals surface area (Å²) in [6.07, 6.45) is 0. The molecule has 4 nitrogen and oxygen atoms in total. The topological polar surface area (TPSA) is 16.3 Å². The first-order valence-corrected chi connectivity index (χ1v) is 36.0. The van der Waals surface area contributed by atoms with E-state index in [4.69, 9.17) is 0 Å². The molecule has 103 heavy (non-hydrogen) atoms. The van der Waals surface area contributed by atoms with Gasteiger partial charge in [0.25, 0.3) is 6.71 Å². The summed E-state index contributed by atoms with van der Waals surface area (Å²) in [6, 6.07) is 133. The van der Waals surface area contributed by atoms with Crippen molar-refractivity contribution in [2.24, 2.45) is 0 Å². The molecule has 17 aromatic carbocycles. The minimum absolute atomic E-state index is 0.162. The molecule has 2 aliphatic rings. The van der Waals surface area contributed by atoms with Gasteiger partial charge in [0.15, 0.2) is 0 Å². The molecule has 0 saturated heterocycles. The summed E-state index contributed by atoms with van der Waals surface area (Å²) in [5.41, 5.74) is 28.0. The van der Waals surface area contributed by atoms with Gasteiger partial charge in [0.05, 0.1) is 22.1 Å². The highest BCUT2D eigenvalue weighted by Crippen LogP contribution is 2.50. The summed E-state index contributed by atoms with van der Waals surface area (Å²) in [7, 11) is 0. The first kappa shape index (κ1) is 59.0. The highest BCUT2D eigenvalue weighted by atomic mass is 15.2. The molecule has 5 heteroatoms. The number of benzene rings is 17. The van der Waals surface area contributed by atoms with Crippen molar-refractivity contribution in [1.82, 2.24) is 9.13 Å². The van der Waals surface area contributed by atoms with E-state index in [9.17, 15) is 0 Å². The molecule has 21 rings (SSSR count).